The van der Waals surface area contributed by atoms with Gasteiger partial charge in [0.1, 0.15) is 0 Å². The fourth-order valence-corrected chi connectivity index (χ4v) is 3.17. The second-order valence-electron chi connectivity index (χ2n) is 6.25. The Morgan fingerprint density at radius 1 is 1.16 bits per heavy atom. The van der Waals surface area contributed by atoms with Crippen molar-refractivity contribution in [3.05, 3.63) is 30.1 Å². The van der Waals surface area contributed by atoms with Gasteiger partial charge in [0.25, 0.3) is 0 Å². The molecule has 0 saturated heterocycles. The van der Waals surface area contributed by atoms with Gasteiger partial charge in [-0.15, -0.1) is 0 Å². The zero-order valence-electron chi connectivity index (χ0n) is 12.4. The maximum absolute atomic E-state index is 4.51. The lowest BCUT2D eigenvalue weighted by atomic mass is 9.84. The predicted octanol–water partition coefficient (Wildman–Crippen LogP) is 3.82. The first-order valence-electron chi connectivity index (χ1n) is 7.89. The fourth-order valence-electron chi connectivity index (χ4n) is 3.17. The predicted molar refractivity (Wildman–Crippen MR) is 81.1 cm³/mol. The van der Waals surface area contributed by atoms with Gasteiger partial charge in [-0.05, 0) is 49.8 Å². The number of nitrogens with one attached hydrogen (secondary N) is 1. The Kier molecular flexibility index (Phi) is 5.84. The molecule has 1 aromatic rings. The van der Waals surface area contributed by atoms with Crippen LogP contribution in [0, 0.1) is 11.8 Å². The minimum absolute atomic E-state index is 0.596. The second-order valence-corrected chi connectivity index (χ2v) is 6.25. The molecule has 2 nitrogen and oxygen atoms in total. The molecule has 2 unspecified atom stereocenters. The maximum atomic E-state index is 4.51. The monoisotopic (exact) mass is 260 g/mol. The molecule has 0 aliphatic heterocycles. The first-order chi connectivity index (χ1) is 9.25. The lowest BCUT2D eigenvalue weighted by molar-refractivity contribution is 0.289. The Labute approximate surface area is 118 Å². The standard InChI is InChI=1S/C17H28N2/c1-14(2)19-13-16-9-5-3-4-8-15(16)12-17-10-6-7-11-18-17/h6-7,10-11,14-16,19H,3-5,8-9,12-13H2,1-2H3. The van der Waals surface area contributed by atoms with E-state index < -0.39 is 0 Å². The molecule has 2 heteroatoms. The Morgan fingerprint density at radius 2 is 1.95 bits per heavy atom. The average Bonchev–Trinajstić information content (AvgIpc) is 2.63. The Morgan fingerprint density at radius 3 is 2.63 bits per heavy atom. The molecule has 2 rings (SSSR count). The first kappa shape index (κ1) is 14.5. The number of hydrogen-bond acceptors (Lipinski definition) is 2. The minimum Gasteiger partial charge on any atom is -0.314 e. The molecule has 0 amide bonds. The lowest BCUT2D eigenvalue weighted by Crippen LogP contribution is -2.33. The third kappa shape index (κ3) is 4.94. The van der Waals surface area contributed by atoms with Gasteiger partial charge in [0.15, 0.2) is 0 Å². The van der Waals surface area contributed by atoms with Crippen LogP contribution in [0.25, 0.3) is 0 Å². The molecule has 2 atom stereocenters. The van der Waals surface area contributed by atoms with Gasteiger partial charge in [-0.3, -0.25) is 4.98 Å². The molecule has 1 N–H and O–H groups in total. The van der Waals surface area contributed by atoms with Gasteiger partial charge in [0.05, 0.1) is 0 Å². The van der Waals surface area contributed by atoms with E-state index in [9.17, 15) is 0 Å². The molecule has 1 fully saturated rings. The zero-order valence-corrected chi connectivity index (χ0v) is 12.4. The number of hydrogen-bond donors (Lipinski definition) is 1. The average molecular weight is 260 g/mol. The summed E-state index contributed by atoms with van der Waals surface area (Å²) in [7, 11) is 0. The van der Waals surface area contributed by atoms with Crippen LogP contribution in [-0.4, -0.2) is 17.6 Å². The highest BCUT2D eigenvalue weighted by Crippen LogP contribution is 2.30. The quantitative estimate of drug-likeness (QED) is 0.814. The minimum atomic E-state index is 0.596. The van der Waals surface area contributed by atoms with Crippen LogP contribution in [0.15, 0.2) is 24.4 Å². The van der Waals surface area contributed by atoms with Crippen LogP contribution in [0.1, 0.15) is 51.6 Å². The molecule has 106 valence electrons. The van der Waals surface area contributed by atoms with E-state index in [-0.39, 0.29) is 0 Å². The molecule has 1 heterocycles. The summed E-state index contributed by atoms with van der Waals surface area (Å²) in [6, 6.07) is 6.89. The molecule has 1 aliphatic rings. The van der Waals surface area contributed by atoms with Crippen LogP contribution in [-0.2, 0) is 6.42 Å². The maximum Gasteiger partial charge on any atom is 0.0406 e. The van der Waals surface area contributed by atoms with Crippen molar-refractivity contribution in [2.75, 3.05) is 6.54 Å². The highest BCUT2D eigenvalue weighted by molar-refractivity contribution is 5.05. The molecule has 19 heavy (non-hydrogen) atoms. The topological polar surface area (TPSA) is 24.9 Å². The SMILES string of the molecule is CC(C)NCC1CCCCCC1Cc1ccccn1. The van der Waals surface area contributed by atoms with E-state index in [0.29, 0.717) is 6.04 Å². The van der Waals surface area contributed by atoms with Gasteiger partial charge in [-0.2, -0.15) is 0 Å². The Bertz CT molecular complexity index is 348. The van der Waals surface area contributed by atoms with E-state index >= 15 is 0 Å². The van der Waals surface area contributed by atoms with Crippen molar-refractivity contribution < 1.29 is 0 Å². The Hall–Kier alpha value is -0.890. The van der Waals surface area contributed by atoms with Gasteiger partial charge in [0, 0.05) is 17.9 Å². The molecular weight excluding hydrogens is 232 g/mol. The largest absolute Gasteiger partial charge is 0.314 e. The summed E-state index contributed by atoms with van der Waals surface area (Å²) in [5.74, 6) is 1.63. The molecule has 1 saturated carbocycles. The van der Waals surface area contributed by atoms with E-state index in [0.717, 1.165) is 18.3 Å². The fraction of sp³-hybridized carbons (Fsp3) is 0.706. The van der Waals surface area contributed by atoms with E-state index in [1.165, 1.54) is 44.3 Å². The van der Waals surface area contributed by atoms with Crippen LogP contribution in [0.2, 0.25) is 0 Å². The zero-order chi connectivity index (χ0) is 13.5. The first-order valence-corrected chi connectivity index (χ1v) is 7.89. The lowest BCUT2D eigenvalue weighted by Gasteiger charge is -2.26. The molecule has 1 aliphatic carbocycles. The number of nitrogens with zero attached hydrogens (tertiary/aromatic N) is 1. The molecule has 0 bridgehead atoms. The smallest absolute Gasteiger partial charge is 0.0406 e. The van der Waals surface area contributed by atoms with Crippen LogP contribution >= 0.6 is 0 Å². The summed E-state index contributed by atoms with van der Waals surface area (Å²) in [5.41, 5.74) is 1.27. The normalized spacial score (nSPS) is 24.4. The summed E-state index contributed by atoms with van der Waals surface area (Å²) >= 11 is 0. The molecule has 0 aromatic carbocycles. The third-order valence-electron chi connectivity index (χ3n) is 4.30. The van der Waals surface area contributed by atoms with Crippen molar-refractivity contribution in [3.8, 4) is 0 Å². The van der Waals surface area contributed by atoms with E-state index in [4.69, 9.17) is 0 Å². The summed E-state index contributed by atoms with van der Waals surface area (Å²) < 4.78 is 0. The summed E-state index contributed by atoms with van der Waals surface area (Å²) in [5, 5.41) is 3.64. The van der Waals surface area contributed by atoms with Crippen molar-refractivity contribution in [2.45, 2.75) is 58.4 Å². The molecule has 0 spiro atoms. The third-order valence-corrected chi connectivity index (χ3v) is 4.30. The van der Waals surface area contributed by atoms with E-state index in [1.807, 2.05) is 12.3 Å². The van der Waals surface area contributed by atoms with Crippen molar-refractivity contribution in [1.82, 2.24) is 10.3 Å². The van der Waals surface area contributed by atoms with Gasteiger partial charge in [-0.1, -0.05) is 39.2 Å². The van der Waals surface area contributed by atoms with Crippen LogP contribution in [0.3, 0.4) is 0 Å². The summed E-state index contributed by atoms with van der Waals surface area (Å²) in [6.45, 7) is 5.66. The number of rotatable bonds is 5. The number of pyridine rings is 1. The highest BCUT2D eigenvalue weighted by Gasteiger charge is 2.24. The van der Waals surface area contributed by atoms with Crippen LogP contribution in [0.5, 0.6) is 0 Å². The second kappa shape index (κ2) is 7.64. The van der Waals surface area contributed by atoms with Crippen LogP contribution < -0.4 is 5.32 Å². The van der Waals surface area contributed by atoms with Crippen molar-refractivity contribution >= 4 is 0 Å². The van der Waals surface area contributed by atoms with Gasteiger partial charge in [-0.25, -0.2) is 0 Å². The van der Waals surface area contributed by atoms with Gasteiger partial charge >= 0.3 is 0 Å². The van der Waals surface area contributed by atoms with E-state index in [2.05, 4.69) is 36.3 Å². The molecule has 1 aromatic heterocycles. The Balaban J connectivity index is 1.96. The van der Waals surface area contributed by atoms with Crippen molar-refractivity contribution in [1.29, 1.82) is 0 Å². The summed E-state index contributed by atoms with van der Waals surface area (Å²) in [6.07, 6.45) is 10.1. The molecular formula is C17H28N2. The highest BCUT2D eigenvalue weighted by atomic mass is 14.9. The van der Waals surface area contributed by atoms with E-state index in [1.54, 1.807) is 0 Å². The van der Waals surface area contributed by atoms with Crippen molar-refractivity contribution in [2.24, 2.45) is 11.8 Å². The molecule has 0 radical (unpaired) electrons. The van der Waals surface area contributed by atoms with Gasteiger partial charge < -0.3 is 5.32 Å². The van der Waals surface area contributed by atoms with Gasteiger partial charge in [0.2, 0.25) is 0 Å². The van der Waals surface area contributed by atoms with Crippen LogP contribution in [0.4, 0.5) is 0 Å². The summed E-state index contributed by atoms with van der Waals surface area (Å²) in [4.78, 5) is 4.51. The van der Waals surface area contributed by atoms with Crippen molar-refractivity contribution in [3.63, 3.8) is 0 Å². The number of aromatic nitrogens is 1.